The summed E-state index contributed by atoms with van der Waals surface area (Å²) in [5, 5.41) is 3.92. The molecule has 0 amide bonds. The summed E-state index contributed by atoms with van der Waals surface area (Å²) >= 11 is 0. The number of hydrogen-bond donors (Lipinski definition) is 0. The normalized spacial score (nSPS) is 11.3. The van der Waals surface area contributed by atoms with Crippen LogP contribution in [0.4, 0.5) is 4.39 Å². The molecular weight excluding hydrogens is 359 g/mol. The highest BCUT2D eigenvalue weighted by atomic mass is 32.2. The Balaban J connectivity index is 1.86. The molecule has 0 bridgehead atoms. The van der Waals surface area contributed by atoms with Crippen molar-refractivity contribution in [3.05, 3.63) is 77.0 Å². The number of para-hydroxylation sites is 1. The third-order valence-electron chi connectivity index (χ3n) is 3.68. The molecular formula is C18H15FN2O4S. The molecule has 8 heteroatoms. The molecule has 0 N–H and O–H groups in total. The van der Waals surface area contributed by atoms with Crippen molar-refractivity contribution < 1.29 is 17.5 Å². The largest absolute Gasteiger partial charge is 0.471 e. The Bertz CT molecular complexity index is 1080. The molecule has 0 aliphatic heterocycles. The molecule has 0 radical (unpaired) electrons. The minimum atomic E-state index is -3.35. The highest BCUT2D eigenvalue weighted by molar-refractivity contribution is 7.90. The molecule has 3 rings (SSSR count). The van der Waals surface area contributed by atoms with Gasteiger partial charge in [-0.1, -0.05) is 30.3 Å². The number of nitrogens with zero attached hydrogens (tertiary/aromatic N) is 2. The summed E-state index contributed by atoms with van der Waals surface area (Å²) in [4.78, 5) is 12.3. The topological polar surface area (TPSA) is 78.3 Å². The molecule has 1 aromatic heterocycles. The van der Waals surface area contributed by atoms with E-state index in [0.717, 1.165) is 10.9 Å². The van der Waals surface area contributed by atoms with Gasteiger partial charge in [0.05, 0.1) is 11.1 Å². The van der Waals surface area contributed by atoms with Gasteiger partial charge in [-0.15, -0.1) is 0 Å². The van der Waals surface area contributed by atoms with Gasteiger partial charge in [0.25, 0.3) is 0 Å². The van der Waals surface area contributed by atoms with E-state index >= 15 is 0 Å². The van der Waals surface area contributed by atoms with Crippen molar-refractivity contribution in [3.8, 4) is 16.9 Å². The van der Waals surface area contributed by atoms with Gasteiger partial charge in [-0.2, -0.15) is 9.78 Å². The summed E-state index contributed by atoms with van der Waals surface area (Å²) in [5.74, 6) is -0.453. The number of aromatic nitrogens is 2. The minimum Gasteiger partial charge on any atom is -0.471 e. The molecule has 0 atom stereocenters. The second-order valence-electron chi connectivity index (χ2n) is 5.56. The summed E-state index contributed by atoms with van der Waals surface area (Å²) in [7, 11) is -3.35. The quantitative estimate of drug-likeness (QED) is 0.686. The minimum absolute atomic E-state index is 0.00832. The van der Waals surface area contributed by atoms with E-state index in [4.69, 9.17) is 4.74 Å². The third-order valence-corrected chi connectivity index (χ3v) is 4.80. The zero-order valence-corrected chi connectivity index (χ0v) is 14.6. The van der Waals surface area contributed by atoms with E-state index in [9.17, 15) is 17.6 Å². The lowest BCUT2D eigenvalue weighted by Gasteiger charge is -2.09. The van der Waals surface area contributed by atoms with Crippen molar-refractivity contribution in [2.24, 2.45) is 0 Å². The molecule has 0 spiro atoms. The van der Waals surface area contributed by atoms with Crippen LogP contribution < -0.4 is 10.3 Å². The van der Waals surface area contributed by atoms with E-state index in [1.165, 1.54) is 30.5 Å². The molecule has 134 valence electrons. The van der Waals surface area contributed by atoms with Crippen LogP contribution in [0.2, 0.25) is 0 Å². The average Bonchev–Trinajstić information content (AvgIpc) is 2.63. The number of benzene rings is 2. The smallest absolute Gasteiger partial charge is 0.306 e. The fourth-order valence-corrected chi connectivity index (χ4v) is 2.92. The molecule has 0 fully saturated rings. The van der Waals surface area contributed by atoms with Gasteiger partial charge >= 0.3 is 5.56 Å². The van der Waals surface area contributed by atoms with Gasteiger partial charge in [-0.05, 0) is 29.8 Å². The van der Waals surface area contributed by atoms with Gasteiger partial charge < -0.3 is 4.74 Å². The van der Waals surface area contributed by atoms with Crippen molar-refractivity contribution in [1.82, 2.24) is 9.78 Å². The number of rotatable bonds is 5. The van der Waals surface area contributed by atoms with Crippen LogP contribution in [0.3, 0.4) is 0 Å². The van der Waals surface area contributed by atoms with Crippen molar-refractivity contribution in [3.63, 3.8) is 0 Å². The van der Waals surface area contributed by atoms with Gasteiger partial charge in [-0.3, -0.25) is 4.79 Å². The lowest BCUT2D eigenvalue weighted by Crippen LogP contribution is -2.28. The van der Waals surface area contributed by atoms with E-state index in [2.05, 4.69) is 5.10 Å². The number of ether oxygens (including phenoxy) is 1. The molecule has 0 saturated heterocycles. The van der Waals surface area contributed by atoms with Gasteiger partial charge in [-0.25, -0.2) is 12.8 Å². The Morgan fingerprint density at radius 2 is 1.73 bits per heavy atom. The highest BCUT2D eigenvalue weighted by Crippen LogP contribution is 2.22. The summed E-state index contributed by atoms with van der Waals surface area (Å²) in [6, 6.07) is 14.4. The zero-order chi connectivity index (χ0) is 18.7. The number of sulfone groups is 1. The van der Waals surface area contributed by atoms with Crippen LogP contribution in [0.15, 0.2) is 70.5 Å². The van der Waals surface area contributed by atoms with Crippen LogP contribution in [-0.2, 0) is 16.6 Å². The maximum absolute atomic E-state index is 14.5. The van der Waals surface area contributed by atoms with E-state index in [1.807, 2.05) is 6.07 Å². The molecule has 1 heterocycles. The van der Waals surface area contributed by atoms with Crippen molar-refractivity contribution >= 4 is 9.84 Å². The van der Waals surface area contributed by atoms with Crippen LogP contribution in [-0.4, -0.2) is 24.5 Å². The van der Waals surface area contributed by atoms with E-state index in [1.54, 1.807) is 24.3 Å². The van der Waals surface area contributed by atoms with Crippen LogP contribution in [0.25, 0.3) is 11.1 Å². The zero-order valence-electron chi connectivity index (χ0n) is 13.8. The van der Waals surface area contributed by atoms with Crippen molar-refractivity contribution in [1.29, 1.82) is 0 Å². The fourth-order valence-electron chi connectivity index (χ4n) is 2.29. The molecule has 3 aromatic rings. The monoisotopic (exact) mass is 374 g/mol. The van der Waals surface area contributed by atoms with Crippen molar-refractivity contribution in [2.45, 2.75) is 11.6 Å². The second-order valence-corrected chi connectivity index (χ2v) is 7.58. The van der Waals surface area contributed by atoms with Crippen LogP contribution >= 0.6 is 0 Å². The maximum Gasteiger partial charge on any atom is 0.306 e. The average molecular weight is 374 g/mol. The molecule has 0 aliphatic rings. The number of halogens is 1. The first-order chi connectivity index (χ1) is 12.4. The molecule has 0 unspecified atom stereocenters. The molecule has 0 saturated carbocycles. The first-order valence-corrected chi connectivity index (χ1v) is 9.49. The van der Waals surface area contributed by atoms with Gasteiger partial charge in [0.1, 0.15) is 5.75 Å². The highest BCUT2D eigenvalue weighted by Gasteiger charge is 2.14. The van der Waals surface area contributed by atoms with Crippen LogP contribution in [0.1, 0.15) is 0 Å². The lowest BCUT2D eigenvalue weighted by atomic mass is 10.1. The van der Waals surface area contributed by atoms with E-state index in [0.29, 0.717) is 11.3 Å². The van der Waals surface area contributed by atoms with E-state index in [-0.39, 0.29) is 17.2 Å². The predicted octanol–water partition coefficient (Wildman–Crippen LogP) is 2.49. The van der Waals surface area contributed by atoms with Crippen LogP contribution in [0.5, 0.6) is 5.75 Å². The van der Waals surface area contributed by atoms with Crippen molar-refractivity contribution in [2.75, 3.05) is 6.26 Å². The van der Waals surface area contributed by atoms with Gasteiger partial charge in [0.2, 0.25) is 0 Å². The molecule has 2 aromatic carbocycles. The Kier molecular flexibility index (Phi) is 4.85. The summed E-state index contributed by atoms with van der Waals surface area (Å²) in [6.07, 6.45) is 2.29. The number of hydrogen-bond acceptors (Lipinski definition) is 5. The Hall–Kier alpha value is -3.00. The fraction of sp³-hybridized carbons (Fsp3) is 0.111. The lowest BCUT2D eigenvalue weighted by molar-refractivity contribution is 0.211. The first kappa shape index (κ1) is 17.8. The summed E-state index contributed by atoms with van der Waals surface area (Å²) in [6.45, 7) is -0.229. The Labute approximate surface area is 149 Å². The molecule has 6 nitrogen and oxygen atoms in total. The molecule has 0 aliphatic carbocycles. The Morgan fingerprint density at radius 1 is 1.08 bits per heavy atom. The maximum atomic E-state index is 14.5. The first-order valence-electron chi connectivity index (χ1n) is 7.60. The summed E-state index contributed by atoms with van der Waals surface area (Å²) in [5.41, 5.74) is -0.577. The SMILES string of the molecule is CS(=O)(=O)c1ccc(-c2cnn(COc3ccccc3)c(=O)c2F)cc1. The standard InChI is InChI=1S/C18H15FN2O4S/c1-26(23,24)15-9-7-13(8-10-15)16-11-20-21(18(22)17(16)19)12-25-14-5-3-2-4-6-14/h2-11H,12H2,1H3. The Morgan fingerprint density at radius 3 is 2.35 bits per heavy atom. The van der Waals surface area contributed by atoms with Gasteiger partial charge in [0, 0.05) is 11.8 Å². The van der Waals surface area contributed by atoms with Crippen LogP contribution in [0, 0.1) is 5.82 Å². The third kappa shape index (κ3) is 3.80. The van der Waals surface area contributed by atoms with Gasteiger partial charge in [0.15, 0.2) is 22.4 Å². The summed E-state index contributed by atoms with van der Waals surface area (Å²) < 4.78 is 43.7. The second kappa shape index (κ2) is 7.09. The predicted molar refractivity (Wildman–Crippen MR) is 94.1 cm³/mol. The molecule has 26 heavy (non-hydrogen) atoms. The van der Waals surface area contributed by atoms with E-state index < -0.39 is 21.2 Å².